The highest BCUT2D eigenvalue weighted by atomic mass is 19.4. The first-order chi connectivity index (χ1) is 11.9. The minimum atomic E-state index is -7.40. The highest BCUT2D eigenvalue weighted by Gasteiger charge is 2.78. The van der Waals surface area contributed by atoms with Crippen LogP contribution in [0, 0.1) is 0 Å². The number of primary amides is 1. The molecule has 0 rings (SSSR count). The summed E-state index contributed by atoms with van der Waals surface area (Å²) in [4.78, 5) is 12.5. The second-order valence-corrected chi connectivity index (χ2v) is 4.47. The average molecular weight is 453 g/mol. The number of nitrogens with zero attached hydrogens (tertiary/aromatic N) is 2. The standard InChI is InChI=1S/C9H2F15N3O/c10-1(4(11,12)6(15,16)8(19,20)21)26-2(27-3(25)28)5(13,14)7(17,18)9(22,23)24/h(H2,25,28)/b26-1?,27-2-. The molecule has 4 nitrogen and oxygen atoms in total. The molecule has 19 heteroatoms. The number of halogens is 15. The van der Waals surface area contributed by atoms with Crippen molar-refractivity contribution in [2.24, 2.45) is 15.7 Å². The molecule has 0 aliphatic carbocycles. The third-order valence-corrected chi connectivity index (χ3v) is 2.46. The first kappa shape index (κ1) is 25.8. The second kappa shape index (κ2) is 6.98. The third-order valence-electron chi connectivity index (χ3n) is 2.46. The van der Waals surface area contributed by atoms with Crippen LogP contribution < -0.4 is 5.73 Å². The number of carbonyl (C=O) groups excluding carboxylic acids is 1. The van der Waals surface area contributed by atoms with Gasteiger partial charge in [0.2, 0.25) is 5.84 Å². The summed E-state index contributed by atoms with van der Waals surface area (Å²) in [6.45, 7) is 0. The summed E-state index contributed by atoms with van der Waals surface area (Å²) in [5.74, 6) is -37.3. The molecule has 0 atom stereocenters. The lowest BCUT2D eigenvalue weighted by molar-refractivity contribution is -0.338. The Morgan fingerprint density at radius 1 is 0.607 bits per heavy atom. The molecule has 0 spiro atoms. The zero-order valence-corrected chi connectivity index (χ0v) is 12.0. The molecule has 0 aliphatic rings. The van der Waals surface area contributed by atoms with Gasteiger partial charge in [0.25, 0.3) is 5.97 Å². The maximum atomic E-state index is 13.3. The number of hydrogen-bond acceptors (Lipinski definition) is 1. The van der Waals surface area contributed by atoms with Crippen LogP contribution in [0.2, 0.25) is 0 Å². The first-order valence-electron chi connectivity index (χ1n) is 5.72. The zero-order chi connectivity index (χ0) is 23.1. The minimum absolute atomic E-state index is 0.859. The molecule has 0 unspecified atom stereocenters. The van der Waals surface area contributed by atoms with Crippen LogP contribution in [0.4, 0.5) is 70.7 Å². The van der Waals surface area contributed by atoms with E-state index in [4.69, 9.17) is 0 Å². The Labute approximate surface area is 141 Å². The summed E-state index contributed by atoms with van der Waals surface area (Å²) in [6, 6.07) is -2.70. The van der Waals surface area contributed by atoms with Gasteiger partial charge in [0.1, 0.15) is 0 Å². The van der Waals surface area contributed by atoms with Gasteiger partial charge in [-0.2, -0.15) is 75.8 Å². The molecule has 0 aliphatic heterocycles. The van der Waals surface area contributed by atoms with E-state index in [9.17, 15) is 70.7 Å². The van der Waals surface area contributed by atoms with E-state index in [1.165, 1.54) is 4.99 Å². The number of alkyl halides is 14. The lowest BCUT2D eigenvalue weighted by Gasteiger charge is -2.28. The van der Waals surface area contributed by atoms with Crippen molar-refractivity contribution in [1.29, 1.82) is 0 Å². The molecular formula is C9H2F15N3O. The van der Waals surface area contributed by atoms with Crippen LogP contribution in [0.3, 0.4) is 0 Å². The van der Waals surface area contributed by atoms with E-state index in [-0.39, 0.29) is 0 Å². The Morgan fingerprint density at radius 3 is 1.21 bits per heavy atom. The van der Waals surface area contributed by atoms with Crippen LogP contribution in [-0.2, 0) is 0 Å². The molecule has 0 bridgehead atoms. The molecule has 2 N–H and O–H groups in total. The maximum Gasteiger partial charge on any atom is 0.460 e. The highest BCUT2D eigenvalue weighted by molar-refractivity contribution is 6.05. The molecule has 28 heavy (non-hydrogen) atoms. The number of amidine groups is 1. The summed E-state index contributed by atoms with van der Waals surface area (Å²) in [5, 5.41) is 0. The molecule has 0 aromatic heterocycles. The lowest BCUT2D eigenvalue weighted by atomic mass is 10.1. The number of nitrogens with two attached hydrogens (primary N) is 1. The van der Waals surface area contributed by atoms with Crippen molar-refractivity contribution in [2.75, 3.05) is 0 Å². The van der Waals surface area contributed by atoms with Crippen molar-refractivity contribution < 1.29 is 70.7 Å². The van der Waals surface area contributed by atoms with Crippen molar-refractivity contribution in [1.82, 2.24) is 0 Å². The van der Waals surface area contributed by atoms with Gasteiger partial charge >= 0.3 is 42.1 Å². The minimum Gasteiger partial charge on any atom is -0.350 e. The van der Waals surface area contributed by atoms with E-state index >= 15 is 0 Å². The third kappa shape index (κ3) is 4.26. The molecule has 0 aromatic rings. The molecule has 164 valence electrons. The smallest absolute Gasteiger partial charge is 0.350 e. The van der Waals surface area contributed by atoms with Crippen molar-refractivity contribution in [3.8, 4) is 0 Å². The first-order valence-corrected chi connectivity index (χ1v) is 5.72. The van der Waals surface area contributed by atoms with Gasteiger partial charge in [-0.1, -0.05) is 0 Å². The fourth-order valence-corrected chi connectivity index (χ4v) is 1.06. The Hall–Kier alpha value is -2.24. The maximum absolute atomic E-state index is 13.3. The monoisotopic (exact) mass is 453 g/mol. The molecule has 0 aromatic carbocycles. The number of hydrogen-bond donors (Lipinski definition) is 1. The van der Waals surface area contributed by atoms with E-state index in [1.807, 2.05) is 0 Å². The summed E-state index contributed by atoms with van der Waals surface area (Å²) in [5.41, 5.74) is 3.99. The largest absolute Gasteiger partial charge is 0.460 e. The predicted octanol–water partition coefficient (Wildman–Crippen LogP) is 4.50. The van der Waals surface area contributed by atoms with Crippen molar-refractivity contribution in [2.45, 2.75) is 36.0 Å². The summed E-state index contributed by atoms with van der Waals surface area (Å²) in [6.07, 6.45) is -14.5. The Bertz CT molecular complexity index is 671. The van der Waals surface area contributed by atoms with Gasteiger partial charge in [0.05, 0.1) is 0 Å². The van der Waals surface area contributed by atoms with Gasteiger partial charge < -0.3 is 5.73 Å². The van der Waals surface area contributed by atoms with Crippen molar-refractivity contribution in [3.05, 3.63) is 0 Å². The van der Waals surface area contributed by atoms with Crippen LogP contribution in [0.15, 0.2) is 9.98 Å². The predicted molar refractivity (Wildman–Crippen MR) is 57.5 cm³/mol. The second-order valence-electron chi connectivity index (χ2n) is 4.47. The molecule has 0 saturated heterocycles. The van der Waals surface area contributed by atoms with E-state index in [1.54, 1.807) is 0 Å². The Kier molecular flexibility index (Phi) is 6.42. The molecule has 2 amide bonds. The van der Waals surface area contributed by atoms with Gasteiger partial charge in [0.15, 0.2) is 0 Å². The van der Waals surface area contributed by atoms with Gasteiger partial charge in [-0.3, -0.25) is 0 Å². The SMILES string of the molecule is NC(=O)/N=C(\N=C(F)C(F)(F)C(F)(F)C(F)(F)F)C(F)(F)C(F)(F)C(F)(F)F. The molecule has 0 fully saturated rings. The lowest BCUT2D eigenvalue weighted by Crippen LogP contribution is -2.57. The Morgan fingerprint density at radius 2 is 0.929 bits per heavy atom. The number of carbonyl (C=O) groups is 1. The topological polar surface area (TPSA) is 67.8 Å². The summed E-state index contributed by atoms with van der Waals surface area (Å²) < 4.78 is 187. The highest BCUT2D eigenvalue weighted by Crippen LogP contribution is 2.49. The normalized spacial score (nSPS) is 16.4. The van der Waals surface area contributed by atoms with Crippen molar-refractivity contribution in [3.63, 3.8) is 0 Å². The van der Waals surface area contributed by atoms with Crippen LogP contribution in [0.1, 0.15) is 0 Å². The zero-order valence-electron chi connectivity index (χ0n) is 12.0. The summed E-state index contributed by atoms with van der Waals surface area (Å²) >= 11 is 0. The molecular weight excluding hydrogens is 451 g/mol. The average Bonchev–Trinajstić information content (AvgIpc) is 2.42. The fourth-order valence-electron chi connectivity index (χ4n) is 1.06. The van der Waals surface area contributed by atoms with Crippen LogP contribution in [0.25, 0.3) is 0 Å². The van der Waals surface area contributed by atoms with Gasteiger partial charge in [-0.05, 0) is 0 Å². The Balaban J connectivity index is 6.65. The molecule has 0 saturated carbocycles. The number of urea groups is 1. The van der Waals surface area contributed by atoms with Gasteiger partial charge in [-0.15, -0.1) is 0 Å². The summed E-state index contributed by atoms with van der Waals surface area (Å²) in [7, 11) is 0. The van der Waals surface area contributed by atoms with E-state index in [0.29, 0.717) is 0 Å². The van der Waals surface area contributed by atoms with E-state index in [2.05, 4.69) is 5.73 Å². The number of rotatable bonds is 4. The van der Waals surface area contributed by atoms with Gasteiger partial charge in [-0.25, -0.2) is 4.79 Å². The van der Waals surface area contributed by atoms with E-state index in [0.717, 1.165) is 4.99 Å². The molecule has 0 radical (unpaired) electrons. The van der Waals surface area contributed by atoms with Crippen LogP contribution in [-0.4, -0.2) is 53.9 Å². The van der Waals surface area contributed by atoms with Crippen molar-refractivity contribution >= 4 is 17.8 Å². The number of aliphatic imine (C=N–C) groups is 2. The molecule has 0 heterocycles. The number of amides is 2. The fraction of sp³-hybridized carbons (Fsp3) is 0.667. The quantitative estimate of drug-likeness (QED) is 0.381. The van der Waals surface area contributed by atoms with Crippen LogP contribution in [0.5, 0.6) is 0 Å². The van der Waals surface area contributed by atoms with E-state index < -0.39 is 53.9 Å². The van der Waals surface area contributed by atoms with Gasteiger partial charge in [0, 0.05) is 0 Å². The van der Waals surface area contributed by atoms with Crippen LogP contribution >= 0.6 is 0 Å².